The lowest BCUT2D eigenvalue weighted by Gasteiger charge is -2.16. The number of nitrogens with zero attached hydrogens (tertiary/aromatic N) is 4. The van der Waals surface area contributed by atoms with Crippen LogP contribution in [0, 0.1) is 20.8 Å². The molecule has 4 nitrogen and oxygen atoms in total. The smallest absolute Gasteiger partial charge is 0.146 e. The topological polar surface area (TPSA) is 43.6 Å². The number of benzene rings is 3. The average Bonchev–Trinajstić information content (AvgIpc) is 3.22. The molecule has 2 aromatic heterocycles. The fourth-order valence-electron chi connectivity index (χ4n) is 4.21. The Morgan fingerprint density at radius 1 is 0.800 bits per heavy atom. The van der Waals surface area contributed by atoms with Gasteiger partial charge in [-0.3, -0.25) is 9.55 Å². The van der Waals surface area contributed by atoms with E-state index in [2.05, 4.69) is 55.7 Å². The number of aryl methyl sites for hydroxylation is 3. The van der Waals surface area contributed by atoms with E-state index in [-0.39, 0.29) is 0 Å². The van der Waals surface area contributed by atoms with Crippen molar-refractivity contribution in [3.05, 3.63) is 95.9 Å². The summed E-state index contributed by atoms with van der Waals surface area (Å²) in [6.07, 6.45) is 5.71. The number of aromatic nitrogens is 4. The summed E-state index contributed by atoms with van der Waals surface area (Å²) >= 11 is 0. The van der Waals surface area contributed by atoms with Crippen LogP contribution in [0.4, 0.5) is 0 Å². The molecule has 0 aliphatic heterocycles. The molecule has 146 valence electrons. The van der Waals surface area contributed by atoms with E-state index >= 15 is 0 Å². The summed E-state index contributed by atoms with van der Waals surface area (Å²) in [6, 6.07) is 20.7. The van der Waals surface area contributed by atoms with Crippen LogP contribution in [0.3, 0.4) is 0 Å². The maximum atomic E-state index is 4.87. The van der Waals surface area contributed by atoms with E-state index in [9.17, 15) is 0 Å². The summed E-state index contributed by atoms with van der Waals surface area (Å²) in [6.45, 7) is 6.42. The molecule has 0 amide bonds. The fraction of sp³-hybridized carbons (Fsp3) is 0.115. The first kappa shape index (κ1) is 18.3. The fourth-order valence-corrected chi connectivity index (χ4v) is 4.21. The van der Waals surface area contributed by atoms with E-state index in [0.29, 0.717) is 0 Å². The van der Waals surface area contributed by atoms with Crippen LogP contribution in [0.25, 0.3) is 39.4 Å². The Kier molecular flexibility index (Phi) is 4.40. The van der Waals surface area contributed by atoms with Gasteiger partial charge in [-0.1, -0.05) is 54.1 Å². The molecule has 0 spiro atoms. The maximum absolute atomic E-state index is 4.87. The van der Waals surface area contributed by atoms with E-state index in [4.69, 9.17) is 15.0 Å². The molecule has 0 saturated carbocycles. The number of hydrogen-bond acceptors (Lipinski definition) is 3. The third-order valence-electron chi connectivity index (χ3n) is 5.40. The van der Waals surface area contributed by atoms with Crippen LogP contribution < -0.4 is 0 Å². The maximum Gasteiger partial charge on any atom is 0.146 e. The lowest BCUT2D eigenvalue weighted by molar-refractivity contribution is 1.03. The van der Waals surface area contributed by atoms with Gasteiger partial charge in [-0.15, -0.1) is 0 Å². The van der Waals surface area contributed by atoms with Crippen LogP contribution in [0.2, 0.25) is 0 Å². The monoisotopic (exact) mass is 390 g/mol. The van der Waals surface area contributed by atoms with Crippen molar-refractivity contribution in [2.75, 3.05) is 0 Å². The van der Waals surface area contributed by atoms with Crippen molar-refractivity contribution in [1.29, 1.82) is 0 Å². The Morgan fingerprint density at radius 2 is 1.57 bits per heavy atom. The number of rotatable bonds is 3. The van der Waals surface area contributed by atoms with E-state index < -0.39 is 0 Å². The van der Waals surface area contributed by atoms with E-state index in [1.807, 2.05) is 48.9 Å². The van der Waals surface area contributed by atoms with Crippen LogP contribution in [0.15, 0.2) is 79.3 Å². The second-order valence-corrected chi connectivity index (χ2v) is 7.66. The minimum Gasteiger partial charge on any atom is -0.299 e. The van der Waals surface area contributed by atoms with Gasteiger partial charge < -0.3 is 0 Å². The molecule has 3 aromatic carbocycles. The van der Waals surface area contributed by atoms with Crippen LogP contribution in [0.5, 0.6) is 0 Å². The first-order chi connectivity index (χ1) is 14.6. The highest BCUT2D eigenvalue weighted by Gasteiger charge is 2.16. The van der Waals surface area contributed by atoms with Crippen molar-refractivity contribution in [2.45, 2.75) is 20.8 Å². The van der Waals surface area contributed by atoms with Gasteiger partial charge in [0.15, 0.2) is 0 Å². The molecule has 5 aromatic rings. The summed E-state index contributed by atoms with van der Waals surface area (Å²) in [7, 11) is 0. The van der Waals surface area contributed by atoms with Crippen LogP contribution in [-0.4, -0.2) is 19.5 Å². The summed E-state index contributed by atoms with van der Waals surface area (Å²) in [5, 5.41) is 0. The van der Waals surface area contributed by atoms with Gasteiger partial charge in [0.1, 0.15) is 5.82 Å². The molecular formula is C26H22N4. The van der Waals surface area contributed by atoms with E-state index in [1.165, 1.54) is 22.4 Å². The van der Waals surface area contributed by atoms with Gasteiger partial charge in [-0.25, -0.2) is 9.97 Å². The van der Waals surface area contributed by atoms with Gasteiger partial charge in [0.25, 0.3) is 0 Å². The van der Waals surface area contributed by atoms with Crippen molar-refractivity contribution in [1.82, 2.24) is 19.5 Å². The summed E-state index contributed by atoms with van der Waals surface area (Å²) in [5.74, 6) is 0.873. The second-order valence-electron chi connectivity index (χ2n) is 7.66. The SMILES string of the molecule is Cc1cc(C)c(-n2ccnc2-c2cccc3nc(-c4ccccc4)cnc23)c(C)c1. The molecule has 30 heavy (non-hydrogen) atoms. The molecule has 0 N–H and O–H groups in total. The van der Waals surface area contributed by atoms with Crippen LogP contribution in [0.1, 0.15) is 16.7 Å². The minimum absolute atomic E-state index is 0.854. The second kappa shape index (κ2) is 7.23. The number of hydrogen-bond donors (Lipinski definition) is 0. The molecule has 0 atom stereocenters. The highest BCUT2D eigenvalue weighted by atomic mass is 15.1. The summed E-state index contributed by atoms with van der Waals surface area (Å²) in [4.78, 5) is 14.4. The lowest BCUT2D eigenvalue weighted by Crippen LogP contribution is -2.03. The predicted molar refractivity (Wildman–Crippen MR) is 122 cm³/mol. The van der Waals surface area contributed by atoms with Crippen molar-refractivity contribution in [3.63, 3.8) is 0 Å². The van der Waals surface area contributed by atoms with Crippen LogP contribution >= 0.6 is 0 Å². The average molecular weight is 390 g/mol. The standard InChI is InChI=1S/C26H22N4/c1-17-14-18(2)25(19(3)15-17)30-13-12-27-26(30)21-10-7-11-22-24(21)28-16-23(29-22)20-8-5-4-6-9-20/h4-16H,1-3H3. The predicted octanol–water partition coefficient (Wildman–Crippen LogP) is 6.07. The molecule has 0 unspecified atom stereocenters. The van der Waals surface area contributed by atoms with Gasteiger partial charge in [0.05, 0.1) is 28.6 Å². The summed E-state index contributed by atoms with van der Waals surface area (Å²) < 4.78 is 2.16. The molecule has 5 rings (SSSR count). The Morgan fingerprint density at radius 3 is 2.33 bits per heavy atom. The van der Waals surface area contributed by atoms with Crippen molar-refractivity contribution >= 4 is 11.0 Å². The Balaban J connectivity index is 1.68. The Labute approximate surface area is 175 Å². The first-order valence-electron chi connectivity index (χ1n) is 10.0. The first-order valence-corrected chi connectivity index (χ1v) is 10.0. The normalized spacial score (nSPS) is 11.2. The third kappa shape index (κ3) is 3.07. The molecular weight excluding hydrogens is 368 g/mol. The Bertz CT molecular complexity index is 1340. The molecule has 0 aliphatic rings. The van der Waals surface area contributed by atoms with Crippen molar-refractivity contribution in [2.24, 2.45) is 0 Å². The highest BCUT2D eigenvalue weighted by Crippen LogP contribution is 2.31. The van der Waals surface area contributed by atoms with Gasteiger partial charge in [-0.2, -0.15) is 0 Å². The van der Waals surface area contributed by atoms with Crippen molar-refractivity contribution in [3.8, 4) is 28.3 Å². The molecule has 0 radical (unpaired) electrons. The lowest BCUT2D eigenvalue weighted by atomic mass is 10.0. The number of para-hydroxylation sites is 1. The van der Waals surface area contributed by atoms with E-state index in [0.717, 1.165) is 33.7 Å². The number of imidazole rings is 1. The molecule has 4 heteroatoms. The van der Waals surface area contributed by atoms with Crippen molar-refractivity contribution < 1.29 is 0 Å². The molecule has 0 bridgehead atoms. The third-order valence-corrected chi connectivity index (χ3v) is 5.40. The molecule has 2 heterocycles. The quantitative estimate of drug-likeness (QED) is 0.375. The molecule has 0 aliphatic carbocycles. The Hall–Kier alpha value is -3.79. The zero-order chi connectivity index (χ0) is 20.7. The zero-order valence-electron chi connectivity index (χ0n) is 17.3. The van der Waals surface area contributed by atoms with Gasteiger partial charge in [-0.05, 0) is 44.0 Å². The zero-order valence-corrected chi connectivity index (χ0v) is 17.3. The number of fused-ring (bicyclic) bond motifs is 1. The molecule has 0 saturated heterocycles. The van der Waals surface area contributed by atoms with Crippen LogP contribution in [-0.2, 0) is 0 Å². The van der Waals surface area contributed by atoms with E-state index in [1.54, 1.807) is 0 Å². The van der Waals surface area contributed by atoms with Gasteiger partial charge in [0.2, 0.25) is 0 Å². The minimum atomic E-state index is 0.854. The highest BCUT2D eigenvalue weighted by molar-refractivity contribution is 5.91. The van der Waals surface area contributed by atoms with Gasteiger partial charge >= 0.3 is 0 Å². The van der Waals surface area contributed by atoms with Gasteiger partial charge in [0, 0.05) is 23.5 Å². The summed E-state index contributed by atoms with van der Waals surface area (Å²) in [5.41, 5.74) is 9.50. The largest absolute Gasteiger partial charge is 0.299 e. The molecule has 0 fully saturated rings.